The Kier molecular flexibility index (Phi) is 4.60. The molecular formula is C8H12O. The summed E-state index contributed by atoms with van der Waals surface area (Å²) in [4.78, 5) is 0. The Balaban J connectivity index is 3.42. The van der Waals surface area contributed by atoms with E-state index < -0.39 is 0 Å². The van der Waals surface area contributed by atoms with Gasteiger partial charge < -0.3 is 5.11 Å². The molecule has 0 bridgehead atoms. The van der Waals surface area contributed by atoms with Crippen LogP contribution in [0.25, 0.3) is 0 Å². The molecule has 0 saturated carbocycles. The molecule has 0 aliphatic rings. The van der Waals surface area contributed by atoms with Crippen molar-refractivity contribution in [3.63, 3.8) is 0 Å². The Morgan fingerprint density at radius 2 is 2.00 bits per heavy atom. The van der Waals surface area contributed by atoms with Gasteiger partial charge >= 0.3 is 0 Å². The van der Waals surface area contributed by atoms with E-state index in [1.54, 1.807) is 6.08 Å². The van der Waals surface area contributed by atoms with Gasteiger partial charge in [-0.3, -0.25) is 0 Å². The van der Waals surface area contributed by atoms with Crippen molar-refractivity contribution in [1.29, 1.82) is 0 Å². The number of hydrogen-bond donors (Lipinski definition) is 1. The zero-order chi connectivity index (χ0) is 7.11. The van der Waals surface area contributed by atoms with E-state index >= 15 is 0 Å². The Morgan fingerprint density at radius 3 is 2.44 bits per heavy atom. The van der Waals surface area contributed by atoms with Gasteiger partial charge in [0, 0.05) is 0 Å². The molecule has 1 N–H and O–H groups in total. The monoisotopic (exact) mass is 124 g/mol. The lowest BCUT2D eigenvalue weighted by atomic mass is 10.3. The molecule has 0 aromatic rings. The highest BCUT2D eigenvalue weighted by molar-refractivity contribution is 5.06. The van der Waals surface area contributed by atoms with Gasteiger partial charge in [0.25, 0.3) is 0 Å². The third kappa shape index (κ3) is 4.88. The summed E-state index contributed by atoms with van der Waals surface area (Å²) in [6.45, 7) is 6.94. The van der Waals surface area contributed by atoms with Gasteiger partial charge in [-0.1, -0.05) is 12.7 Å². The van der Waals surface area contributed by atoms with Gasteiger partial charge in [0.2, 0.25) is 0 Å². The second kappa shape index (κ2) is 5.16. The molecule has 50 valence electrons. The number of unbranched alkanes of at least 4 members (excludes halogenated alkanes) is 1. The van der Waals surface area contributed by atoms with Crippen LogP contribution in [-0.2, 0) is 0 Å². The van der Waals surface area contributed by atoms with Gasteiger partial charge in [-0.25, -0.2) is 0 Å². The summed E-state index contributed by atoms with van der Waals surface area (Å²) in [5, 5.41) is 8.79. The topological polar surface area (TPSA) is 20.2 Å². The lowest BCUT2D eigenvalue weighted by Crippen LogP contribution is -1.71. The van der Waals surface area contributed by atoms with Crippen molar-refractivity contribution in [2.75, 3.05) is 0 Å². The maximum absolute atomic E-state index is 8.79. The molecule has 0 fully saturated rings. The lowest BCUT2D eigenvalue weighted by molar-refractivity contribution is 0.430. The number of allylic oxidation sites excluding steroid dienone is 3. The van der Waals surface area contributed by atoms with Crippen LogP contribution < -0.4 is 0 Å². The molecular weight excluding hydrogens is 112 g/mol. The summed E-state index contributed by atoms with van der Waals surface area (Å²) in [6.07, 6.45) is 6.68. The first-order chi connectivity index (χ1) is 4.31. The van der Waals surface area contributed by atoms with Crippen LogP contribution in [0.1, 0.15) is 12.8 Å². The van der Waals surface area contributed by atoms with Gasteiger partial charge in [0.15, 0.2) is 0 Å². The van der Waals surface area contributed by atoms with E-state index in [0.717, 1.165) is 12.8 Å². The molecule has 1 nitrogen and oxygen atoms in total. The number of aliphatic hydroxyl groups is 1. The highest BCUT2D eigenvalue weighted by Crippen LogP contribution is 1.95. The minimum Gasteiger partial charge on any atom is -0.508 e. The van der Waals surface area contributed by atoms with E-state index in [4.69, 9.17) is 5.11 Å². The smallest absolute Gasteiger partial charge is 0.111 e. The zero-order valence-electron chi connectivity index (χ0n) is 5.51. The second-order valence-corrected chi connectivity index (χ2v) is 1.70. The van der Waals surface area contributed by atoms with Gasteiger partial charge in [0.05, 0.1) is 0 Å². The molecule has 0 atom stereocenters. The predicted molar refractivity (Wildman–Crippen MR) is 40.3 cm³/mol. The number of hydrogen-bond acceptors (Lipinski definition) is 1. The molecule has 0 aliphatic heterocycles. The number of aliphatic hydroxyl groups excluding tert-OH is 1. The summed E-state index contributed by atoms with van der Waals surface area (Å²) >= 11 is 0. The molecule has 0 spiro atoms. The lowest BCUT2D eigenvalue weighted by Gasteiger charge is -1.87. The van der Waals surface area contributed by atoms with Crippen LogP contribution in [0, 0.1) is 0 Å². The highest BCUT2D eigenvalue weighted by atomic mass is 16.3. The van der Waals surface area contributed by atoms with E-state index in [1.165, 1.54) is 6.08 Å². The van der Waals surface area contributed by atoms with E-state index in [2.05, 4.69) is 13.2 Å². The molecule has 0 heterocycles. The van der Waals surface area contributed by atoms with Gasteiger partial charge in [-0.15, -0.1) is 6.58 Å². The van der Waals surface area contributed by atoms with Crippen LogP contribution in [0.4, 0.5) is 0 Å². The highest BCUT2D eigenvalue weighted by Gasteiger charge is 1.80. The first kappa shape index (κ1) is 8.02. The van der Waals surface area contributed by atoms with Crippen molar-refractivity contribution in [1.82, 2.24) is 0 Å². The van der Waals surface area contributed by atoms with Crippen LogP contribution >= 0.6 is 0 Å². The average Bonchev–Trinajstić information content (AvgIpc) is 1.89. The largest absolute Gasteiger partial charge is 0.508 e. The quantitative estimate of drug-likeness (QED) is 0.264. The maximum Gasteiger partial charge on any atom is 0.111 e. The standard InChI is InChI=1S/C8H12O/c1-3-5-6-7-8(9)4-2/h3-4,7,9H,1-2,5-6H2/b8-7+. The van der Waals surface area contributed by atoms with Gasteiger partial charge in [-0.05, 0) is 25.0 Å². The molecule has 0 aromatic carbocycles. The van der Waals surface area contributed by atoms with Crippen molar-refractivity contribution in [3.05, 3.63) is 37.1 Å². The Morgan fingerprint density at radius 1 is 1.33 bits per heavy atom. The molecule has 0 aromatic heterocycles. The molecule has 0 radical (unpaired) electrons. The Bertz CT molecular complexity index is 123. The van der Waals surface area contributed by atoms with E-state index in [0.29, 0.717) is 0 Å². The minimum absolute atomic E-state index is 0.247. The van der Waals surface area contributed by atoms with Crippen LogP contribution in [0.3, 0.4) is 0 Å². The summed E-state index contributed by atoms with van der Waals surface area (Å²) in [5.41, 5.74) is 0. The average molecular weight is 124 g/mol. The molecule has 0 rings (SSSR count). The third-order valence-electron chi connectivity index (χ3n) is 0.933. The predicted octanol–water partition coefficient (Wildman–Crippen LogP) is 2.58. The SMILES string of the molecule is C=CCC/C=C(/O)C=C. The van der Waals surface area contributed by atoms with E-state index in [1.807, 2.05) is 6.08 Å². The van der Waals surface area contributed by atoms with Crippen molar-refractivity contribution >= 4 is 0 Å². The van der Waals surface area contributed by atoms with Crippen LogP contribution in [0.2, 0.25) is 0 Å². The molecule has 9 heavy (non-hydrogen) atoms. The first-order valence-corrected chi connectivity index (χ1v) is 2.93. The summed E-state index contributed by atoms with van der Waals surface area (Å²) in [6, 6.07) is 0. The van der Waals surface area contributed by atoms with Gasteiger partial charge in [-0.2, -0.15) is 0 Å². The molecule has 0 aliphatic carbocycles. The van der Waals surface area contributed by atoms with E-state index in [9.17, 15) is 0 Å². The fourth-order valence-electron chi connectivity index (χ4n) is 0.432. The first-order valence-electron chi connectivity index (χ1n) is 2.93. The third-order valence-corrected chi connectivity index (χ3v) is 0.933. The van der Waals surface area contributed by atoms with Gasteiger partial charge in [0.1, 0.15) is 5.76 Å². The number of rotatable bonds is 4. The molecule has 0 amide bonds. The fourth-order valence-corrected chi connectivity index (χ4v) is 0.432. The molecule has 1 heteroatoms. The Labute approximate surface area is 56.0 Å². The Hall–Kier alpha value is -0.980. The maximum atomic E-state index is 8.79. The van der Waals surface area contributed by atoms with Crippen molar-refractivity contribution in [3.8, 4) is 0 Å². The van der Waals surface area contributed by atoms with Crippen LogP contribution in [0.5, 0.6) is 0 Å². The van der Waals surface area contributed by atoms with Crippen LogP contribution in [-0.4, -0.2) is 5.11 Å². The fraction of sp³-hybridized carbons (Fsp3) is 0.250. The summed E-state index contributed by atoms with van der Waals surface area (Å²) in [5.74, 6) is 0.247. The molecule has 0 saturated heterocycles. The van der Waals surface area contributed by atoms with E-state index in [-0.39, 0.29) is 5.76 Å². The van der Waals surface area contributed by atoms with Crippen molar-refractivity contribution < 1.29 is 5.11 Å². The van der Waals surface area contributed by atoms with Crippen LogP contribution in [0.15, 0.2) is 37.1 Å². The minimum atomic E-state index is 0.247. The van der Waals surface area contributed by atoms with Crippen molar-refractivity contribution in [2.24, 2.45) is 0 Å². The van der Waals surface area contributed by atoms with Crippen molar-refractivity contribution in [2.45, 2.75) is 12.8 Å². The zero-order valence-corrected chi connectivity index (χ0v) is 5.51. The second-order valence-electron chi connectivity index (χ2n) is 1.70. The summed E-state index contributed by atoms with van der Waals surface area (Å²) in [7, 11) is 0. The molecule has 0 unspecified atom stereocenters. The summed E-state index contributed by atoms with van der Waals surface area (Å²) < 4.78 is 0. The normalized spacial score (nSPS) is 10.9.